The Bertz CT molecular complexity index is 1060. The van der Waals surface area contributed by atoms with Crippen LogP contribution >= 0.6 is 0 Å². The SMILES string of the molecule is CCCCN(C(=O)C(Cc1ccccc1)NC(=O)OC(C)(C)C)C(C(=O)NC(C)C)c1cc(C)cc(C)c1. The van der Waals surface area contributed by atoms with E-state index in [1.807, 2.05) is 83.1 Å². The number of nitrogens with one attached hydrogen (secondary N) is 2. The van der Waals surface area contributed by atoms with Gasteiger partial charge < -0.3 is 20.3 Å². The number of hydrogen-bond donors (Lipinski definition) is 2. The summed E-state index contributed by atoms with van der Waals surface area (Å²) in [7, 11) is 0. The van der Waals surface area contributed by atoms with Crippen LogP contribution in [0.1, 0.15) is 82.7 Å². The Morgan fingerprint density at radius 3 is 2.08 bits per heavy atom. The summed E-state index contributed by atoms with van der Waals surface area (Å²) in [6.07, 6.45) is 1.16. The average Bonchev–Trinajstić information content (AvgIpc) is 2.79. The maximum atomic E-state index is 14.3. The second-order valence-electron chi connectivity index (χ2n) is 11.3. The van der Waals surface area contributed by atoms with Crippen molar-refractivity contribution in [2.24, 2.45) is 0 Å². The van der Waals surface area contributed by atoms with Gasteiger partial charge in [0.1, 0.15) is 17.7 Å². The number of ether oxygens (including phenoxy) is 1. The van der Waals surface area contributed by atoms with Crippen molar-refractivity contribution >= 4 is 17.9 Å². The second kappa shape index (κ2) is 14.0. The number of carbonyl (C=O) groups excluding carboxylic acids is 3. The zero-order chi connectivity index (χ0) is 28.5. The Hall–Kier alpha value is -3.35. The Balaban J connectivity index is 2.57. The summed E-state index contributed by atoms with van der Waals surface area (Å²) in [5.74, 6) is -0.568. The first-order valence-corrected chi connectivity index (χ1v) is 13.5. The van der Waals surface area contributed by atoms with Crippen LogP contribution in [-0.2, 0) is 20.7 Å². The van der Waals surface area contributed by atoms with E-state index in [2.05, 4.69) is 10.6 Å². The number of unbranched alkanes of at least 4 members (excludes halogenated alkanes) is 1. The van der Waals surface area contributed by atoms with Crippen molar-refractivity contribution in [1.29, 1.82) is 0 Å². The summed E-state index contributed by atoms with van der Waals surface area (Å²) >= 11 is 0. The van der Waals surface area contributed by atoms with Crippen LogP contribution in [0.2, 0.25) is 0 Å². The molecule has 0 aliphatic heterocycles. The molecule has 208 valence electrons. The number of benzene rings is 2. The molecule has 2 aromatic carbocycles. The number of nitrogens with zero attached hydrogens (tertiary/aromatic N) is 1. The molecule has 0 heterocycles. The van der Waals surface area contributed by atoms with Crippen molar-refractivity contribution < 1.29 is 19.1 Å². The minimum Gasteiger partial charge on any atom is -0.444 e. The van der Waals surface area contributed by atoms with Crippen LogP contribution in [0, 0.1) is 13.8 Å². The summed E-state index contributed by atoms with van der Waals surface area (Å²) in [4.78, 5) is 42.4. The van der Waals surface area contributed by atoms with Crippen molar-refractivity contribution in [3.8, 4) is 0 Å². The van der Waals surface area contributed by atoms with Crippen LogP contribution in [0.5, 0.6) is 0 Å². The highest BCUT2D eigenvalue weighted by atomic mass is 16.6. The normalized spacial score (nSPS) is 13.0. The summed E-state index contributed by atoms with van der Waals surface area (Å²) in [6.45, 7) is 15.5. The average molecular weight is 524 g/mol. The maximum absolute atomic E-state index is 14.3. The van der Waals surface area contributed by atoms with Crippen LogP contribution in [0.4, 0.5) is 4.79 Å². The number of alkyl carbamates (subject to hydrolysis) is 1. The molecule has 2 aromatic rings. The number of hydrogen-bond acceptors (Lipinski definition) is 4. The molecule has 0 aromatic heterocycles. The number of rotatable bonds is 11. The molecule has 2 unspecified atom stereocenters. The fraction of sp³-hybridized carbons (Fsp3) is 0.516. The molecular formula is C31H45N3O4. The minimum atomic E-state index is -0.913. The zero-order valence-corrected chi connectivity index (χ0v) is 24.3. The summed E-state index contributed by atoms with van der Waals surface area (Å²) in [6, 6.07) is 13.6. The molecule has 0 saturated carbocycles. The lowest BCUT2D eigenvalue weighted by Gasteiger charge is -2.35. The largest absolute Gasteiger partial charge is 0.444 e. The topological polar surface area (TPSA) is 87.7 Å². The van der Waals surface area contributed by atoms with Crippen molar-refractivity contribution in [2.75, 3.05) is 6.54 Å². The fourth-order valence-corrected chi connectivity index (χ4v) is 4.40. The predicted molar refractivity (Wildman–Crippen MR) is 152 cm³/mol. The maximum Gasteiger partial charge on any atom is 0.408 e. The summed E-state index contributed by atoms with van der Waals surface area (Å²) in [5.41, 5.74) is 2.95. The van der Waals surface area contributed by atoms with Gasteiger partial charge in [0.05, 0.1) is 0 Å². The zero-order valence-electron chi connectivity index (χ0n) is 24.3. The van der Waals surface area contributed by atoms with Gasteiger partial charge in [-0.25, -0.2) is 4.79 Å². The van der Waals surface area contributed by atoms with Crippen LogP contribution < -0.4 is 10.6 Å². The molecular weight excluding hydrogens is 478 g/mol. The number of amides is 3. The molecule has 0 saturated heterocycles. The van der Waals surface area contributed by atoms with E-state index in [-0.39, 0.29) is 24.3 Å². The summed E-state index contributed by atoms with van der Waals surface area (Å²) in [5, 5.41) is 5.81. The Morgan fingerprint density at radius 1 is 0.947 bits per heavy atom. The minimum absolute atomic E-state index is 0.0981. The molecule has 0 spiro atoms. The lowest BCUT2D eigenvalue weighted by Crippen LogP contribution is -2.54. The third kappa shape index (κ3) is 9.84. The third-order valence-electron chi connectivity index (χ3n) is 5.86. The quantitative estimate of drug-likeness (QED) is 0.399. The van der Waals surface area contributed by atoms with E-state index >= 15 is 0 Å². The molecule has 3 amide bonds. The Labute approximate surface area is 228 Å². The molecule has 7 heteroatoms. The first-order valence-electron chi connectivity index (χ1n) is 13.5. The van der Waals surface area contributed by atoms with Gasteiger partial charge in [-0.1, -0.05) is 73.0 Å². The van der Waals surface area contributed by atoms with Crippen molar-refractivity contribution in [1.82, 2.24) is 15.5 Å². The lowest BCUT2D eigenvalue weighted by molar-refractivity contribution is -0.142. The third-order valence-corrected chi connectivity index (χ3v) is 5.86. The Kier molecular flexibility index (Phi) is 11.4. The first kappa shape index (κ1) is 30.9. The highest BCUT2D eigenvalue weighted by Crippen LogP contribution is 2.26. The van der Waals surface area contributed by atoms with E-state index in [1.54, 1.807) is 25.7 Å². The smallest absolute Gasteiger partial charge is 0.408 e. The van der Waals surface area contributed by atoms with E-state index in [0.717, 1.165) is 28.7 Å². The van der Waals surface area contributed by atoms with E-state index in [0.29, 0.717) is 13.0 Å². The van der Waals surface area contributed by atoms with Crippen LogP contribution in [0.3, 0.4) is 0 Å². The van der Waals surface area contributed by atoms with E-state index in [4.69, 9.17) is 4.74 Å². The van der Waals surface area contributed by atoms with Crippen LogP contribution in [0.15, 0.2) is 48.5 Å². The highest BCUT2D eigenvalue weighted by Gasteiger charge is 2.36. The fourth-order valence-electron chi connectivity index (χ4n) is 4.40. The van der Waals surface area contributed by atoms with Crippen molar-refractivity contribution in [3.63, 3.8) is 0 Å². The van der Waals surface area contributed by atoms with Crippen LogP contribution in [0.25, 0.3) is 0 Å². The van der Waals surface area contributed by atoms with Gasteiger partial charge >= 0.3 is 6.09 Å². The Morgan fingerprint density at radius 2 is 1.55 bits per heavy atom. The van der Waals surface area contributed by atoms with Gasteiger partial charge in [0.15, 0.2) is 0 Å². The van der Waals surface area contributed by atoms with Crippen molar-refractivity contribution in [3.05, 3.63) is 70.8 Å². The molecule has 38 heavy (non-hydrogen) atoms. The van der Waals surface area contributed by atoms with Gasteiger partial charge in [-0.15, -0.1) is 0 Å². The molecule has 0 bridgehead atoms. The van der Waals surface area contributed by atoms with Gasteiger partial charge in [0, 0.05) is 19.0 Å². The molecule has 0 fully saturated rings. The standard InChI is InChI=1S/C31H45N3O4/c1-9-10-16-34(27(28(35)32-21(2)3)25-18-22(4)17-23(5)19-25)29(36)26(20-24-14-12-11-13-15-24)33-30(37)38-31(6,7)8/h11-15,17-19,21,26-27H,9-10,16,20H2,1-8H3,(H,32,35)(H,33,37). The van der Waals surface area contributed by atoms with Gasteiger partial charge in [-0.2, -0.15) is 0 Å². The monoisotopic (exact) mass is 523 g/mol. The molecule has 0 aliphatic rings. The molecule has 2 N–H and O–H groups in total. The number of carbonyl (C=O) groups is 3. The first-order chi connectivity index (χ1) is 17.8. The second-order valence-corrected chi connectivity index (χ2v) is 11.3. The van der Waals surface area contributed by atoms with Gasteiger partial charge in [0.2, 0.25) is 11.8 Å². The lowest BCUT2D eigenvalue weighted by atomic mass is 9.97. The van der Waals surface area contributed by atoms with Gasteiger partial charge in [-0.05, 0) is 66.0 Å². The van der Waals surface area contributed by atoms with E-state index < -0.39 is 23.8 Å². The number of aryl methyl sites for hydroxylation is 2. The molecule has 0 radical (unpaired) electrons. The summed E-state index contributed by atoms with van der Waals surface area (Å²) < 4.78 is 5.49. The molecule has 2 rings (SSSR count). The highest BCUT2D eigenvalue weighted by molar-refractivity contribution is 5.92. The molecule has 0 aliphatic carbocycles. The molecule has 7 nitrogen and oxygen atoms in total. The van der Waals surface area contributed by atoms with E-state index in [1.165, 1.54) is 0 Å². The van der Waals surface area contributed by atoms with Gasteiger partial charge in [0.25, 0.3) is 0 Å². The van der Waals surface area contributed by atoms with Crippen molar-refractivity contribution in [2.45, 2.75) is 98.4 Å². The van der Waals surface area contributed by atoms with E-state index in [9.17, 15) is 14.4 Å². The molecule has 2 atom stereocenters. The van der Waals surface area contributed by atoms with Gasteiger partial charge in [-0.3, -0.25) is 9.59 Å². The van der Waals surface area contributed by atoms with Crippen LogP contribution in [-0.4, -0.2) is 47.0 Å². The predicted octanol–water partition coefficient (Wildman–Crippen LogP) is 5.63.